The molecule has 0 aromatic rings. The van der Waals surface area contributed by atoms with E-state index in [4.69, 9.17) is 9.84 Å². The second kappa shape index (κ2) is 5.64. The van der Waals surface area contributed by atoms with Crippen LogP contribution in [-0.2, 0) is 9.53 Å². The summed E-state index contributed by atoms with van der Waals surface area (Å²) in [5.41, 5.74) is 0. The zero-order valence-electron chi connectivity index (χ0n) is 9.65. The van der Waals surface area contributed by atoms with Crippen molar-refractivity contribution in [3.8, 4) is 0 Å². The van der Waals surface area contributed by atoms with Crippen LogP contribution in [-0.4, -0.2) is 35.9 Å². The van der Waals surface area contributed by atoms with E-state index in [1.54, 1.807) is 0 Å². The molecule has 2 aliphatic rings. The van der Waals surface area contributed by atoms with E-state index in [9.17, 15) is 4.79 Å². The van der Waals surface area contributed by atoms with Crippen LogP contribution in [0.5, 0.6) is 0 Å². The molecule has 2 atom stereocenters. The van der Waals surface area contributed by atoms with Crippen LogP contribution < -0.4 is 5.32 Å². The van der Waals surface area contributed by atoms with E-state index in [1.165, 1.54) is 32.1 Å². The van der Waals surface area contributed by atoms with Crippen molar-refractivity contribution in [1.82, 2.24) is 5.32 Å². The normalized spacial score (nSPS) is 31.8. The predicted octanol–water partition coefficient (Wildman–Crippen LogP) is 1.54. The van der Waals surface area contributed by atoms with Crippen molar-refractivity contribution in [2.24, 2.45) is 0 Å². The van der Waals surface area contributed by atoms with Crippen LogP contribution in [0.4, 0.5) is 0 Å². The van der Waals surface area contributed by atoms with Crippen LogP contribution in [0, 0.1) is 0 Å². The van der Waals surface area contributed by atoms with Crippen molar-refractivity contribution >= 4 is 5.97 Å². The standard InChI is InChI=1S/C12H21NO3/c14-12(15)11-7-6-10(16-11)8-13-9-4-2-1-3-5-9/h9-11,13H,1-8H2,(H,14,15). The van der Waals surface area contributed by atoms with Crippen LogP contribution in [0.1, 0.15) is 44.9 Å². The third-order valence-corrected chi connectivity index (χ3v) is 3.62. The molecule has 16 heavy (non-hydrogen) atoms. The topological polar surface area (TPSA) is 58.6 Å². The Morgan fingerprint density at radius 2 is 1.94 bits per heavy atom. The largest absolute Gasteiger partial charge is 0.479 e. The van der Waals surface area contributed by atoms with Gasteiger partial charge in [0.15, 0.2) is 6.10 Å². The van der Waals surface area contributed by atoms with Crippen molar-refractivity contribution in [3.63, 3.8) is 0 Å². The summed E-state index contributed by atoms with van der Waals surface area (Å²) >= 11 is 0. The number of ether oxygens (including phenoxy) is 1. The quantitative estimate of drug-likeness (QED) is 0.765. The Kier molecular flexibility index (Phi) is 4.18. The number of carboxylic acid groups (broad SMARTS) is 1. The maximum absolute atomic E-state index is 10.7. The smallest absolute Gasteiger partial charge is 0.332 e. The lowest BCUT2D eigenvalue weighted by Crippen LogP contribution is -2.37. The number of carbonyl (C=O) groups is 1. The van der Waals surface area contributed by atoms with Crippen LogP contribution in [0.15, 0.2) is 0 Å². The highest BCUT2D eigenvalue weighted by atomic mass is 16.5. The molecule has 2 rings (SSSR count). The van der Waals surface area contributed by atoms with Gasteiger partial charge in [0, 0.05) is 12.6 Å². The van der Waals surface area contributed by atoms with Crippen molar-refractivity contribution in [1.29, 1.82) is 0 Å². The van der Waals surface area contributed by atoms with Gasteiger partial charge in [-0.15, -0.1) is 0 Å². The maximum atomic E-state index is 10.7. The lowest BCUT2D eigenvalue weighted by atomic mass is 9.95. The summed E-state index contributed by atoms with van der Waals surface area (Å²) in [6, 6.07) is 0.626. The van der Waals surface area contributed by atoms with Crippen molar-refractivity contribution in [2.75, 3.05) is 6.54 Å². The molecule has 0 radical (unpaired) electrons. The number of carboxylic acids is 1. The van der Waals surface area contributed by atoms with Gasteiger partial charge in [0.1, 0.15) is 0 Å². The minimum atomic E-state index is -0.819. The van der Waals surface area contributed by atoms with Crippen LogP contribution in [0.25, 0.3) is 0 Å². The third kappa shape index (κ3) is 3.19. The highest BCUT2D eigenvalue weighted by molar-refractivity contribution is 5.72. The van der Waals surface area contributed by atoms with Gasteiger partial charge in [0.05, 0.1) is 6.10 Å². The first-order valence-corrected chi connectivity index (χ1v) is 6.37. The predicted molar refractivity (Wildman–Crippen MR) is 60.4 cm³/mol. The zero-order valence-corrected chi connectivity index (χ0v) is 9.65. The Bertz CT molecular complexity index is 238. The highest BCUT2D eigenvalue weighted by Crippen LogP contribution is 2.21. The lowest BCUT2D eigenvalue weighted by molar-refractivity contribution is -0.149. The minimum absolute atomic E-state index is 0.100. The molecule has 2 fully saturated rings. The van der Waals surface area contributed by atoms with Crippen LogP contribution in [0.2, 0.25) is 0 Å². The molecular weight excluding hydrogens is 206 g/mol. The van der Waals surface area contributed by atoms with E-state index in [1.807, 2.05) is 0 Å². The first kappa shape index (κ1) is 11.9. The van der Waals surface area contributed by atoms with Gasteiger partial charge in [-0.1, -0.05) is 19.3 Å². The average Bonchev–Trinajstić information content (AvgIpc) is 2.76. The van der Waals surface area contributed by atoms with Gasteiger partial charge in [-0.25, -0.2) is 4.79 Å². The SMILES string of the molecule is O=C(O)C1CCC(CNC2CCCCC2)O1. The molecule has 1 heterocycles. The van der Waals surface area contributed by atoms with E-state index in [0.717, 1.165) is 13.0 Å². The fourth-order valence-corrected chi connectivity index (χ4v) is 2.64. The first-order chi connectivity index (χ1) is 7.75. The van der Waals surface area contributed by atoms with Gasteiger partial charge < -0.3 is 15.2 Å². The molecule has 0 aromatic heterocycles. The van der Waals surface area contributed by atoms with Gasteiger partial charge in [-0.05, 0) is 25.7 Å². The fraction of sp³-hybridized carbons (Fsp3) is 0.917. The Morgan fingerprint density at radius 3 is 2.56 bits per heavy atom. The summed E-state index contributed by atoms with van der Waals surface area (Å²) < 4.78 is 5.45. The highest BCUT2D eigenvalue weighted by Gasteiger charge is 2.30. The molecule has 1 aliphatic heterocycles. The Morgan fingerprint density at radius 1 is 1.19 bits per heavy atom. The average molecular weight is 227 g/mol. The summed E-state index contributed by atoms with van der Waals surface area (Å²) in [6.45, 7) is 0.814. The summed E-state index contributed by atoms with van der Waals surface area (Å²) in [6.07, 6.45) is 7.58. The molecule has 2 unspecified atom stereocenters. The first-order valence-electron chi connectivity index (χ1n) is 6.37. The second-order valence-corrected chi connectivity index (χ2v) is 4.91. The summed E-state index contributed by atoms with van der Waals surface area (Å²) in [4.78, 5) is 10.7. The van der Waals surface area contributed by atoms with Crippen LogP contribution >= 0.6 is 0 Å². The molecule has 4 heteroatoms. The van der Waals surface area contributed by atoms with E-state index in [0.29, 0.717) is 12.5 Å². The molecule has 1 aliphatic carbocycles. The monoisotopic (exact) mass is 227 g/mol. The zero-order chi connectivity index (χ0) is 11.4. The molecule has 0 aromatic carbocycles. The number of aliphatic carboxylic acids is 1. The molecule has 1 saturated carbocycles. The Labute approximate surface area is 96.4 Å². The lowest BCUT2D eigenvalue weighted by Gasteiger charge is -2.24. The molecule has 0 spiro atoms. The molecule has 4 nitrogen and oxygen atoms in total. The van der Waals surface area contributed by atoms with Crippen molar-refractivity contribution in [2.45, 2.75) is 63.2 Å². The number of hydrogen-bond acceptors (Lipinski definition) is 3. The van der Waals surface area contributed by atoms with Gasteiger partial charge in [-0.2, -0.15) is 0 Å². The summed E-state index contributed by atoms with van der Waals surface area (Å²) in [7, 11) is 0. The number of rotatable bonds is 4. The van der Waals surface area contributed by atoms with Crippen molar-refractivity contribution in [3.05, 3.63) is 0 Å². The maximum Gasteiger partial charge on any atom is 0.332 e. The Hall–Kier alpha value is -0.610. The fourth-order valence-electron chi connectivity index (χ4n) is 2.64. The van der Waals surface area contributed by atoms with Gasteiger partial charge in [0.2, 0.25) is 0 Å². The molecule has 92 valence electrons. The van der Waals surface area contributed by atoms with Crippen molar-refractivity contribution < 1.29 is 14.6 Å². The minimum Gasteiger partial charge on any atom is -0.479 e. The summed E-state index contributed by atoms with van der Waals surface area (Å²) in [5, 5.41) is 12.3. The summed E-state index contributed by atoms with van der Waals surface area (Å²) in [5.74, 6) is -0.819. The molecule has 0 amide bonds. The number of hydrogen-bond donors (Lipinski definition) is 2. The van der Waals surface area contributed by atoms with Crippen LogP contribution in [0.3, 0.4) is 0 Å². The van der Waals surface area contributed by atoms with Gasteiger partial charge in [-0.3, -0.25) is 0 Å². The molecular formula is C12H21NO3. The van der Waals surface area contributed by atoms with E-state index < -0.39 is 12.1 Å². The third-order valence-electron chi connectivity index (χ3n) is 3.62. The molecule has 0 bridgehead atoms. The molecule has 1 saturated heterocycles. The van der Waals surface area contributed by atoms with Gasteiger partial charge >= 0.3 is 5.97 Å². The number of nitrogens with one attached hydrogen (secondary N) is 1. The van der Waals surface area contributed by atoms with E-state index >= 15 is 0 Å². The van der Waals surface area contributed by atoms with Gasteiger partial charge in [0.25, 0.3) is 0 Å². The Balaban J connectivity index is 1.65. The molecule has 2 N–H and O–H groups in total. The van der Waals surface area contributed by atoms with E-state index in [-0.39, 0.29) is 6.10 Å². The second-order valence-electron chi connectivity index (χ2n) is 4.91. The van der Waals surface area contributed by atoms with E-state index in [2.05, 4.69) is 5.32 Å².